The highest BCUT2D eigenvalue weighted by atomic mass is 16.5. The minimum atomic E-state index is -0.529. The van der Waals surface area contributed by atoms with Crippen molar-refractivity contribution in [3.63, 3.8) is 0 Å². The van der Waals surface area contributed by atoms with Crippen molar-refractivity contribution >= 4 is 5.69 Å². The maximum atomic E-state index is 10.6. The maximum Gasteiger partial charge on any atom is 0.119 e. The van der Waals surface area contributed by atoms with Gasteiger partial charge in [-0.2, -0.15) is 0 Å². The molecule has 0 fully saturated rings. The summed E-state index contributed by atoms with van der Waals surface area (Å²) < 4.78 is 5.22. The molecule has 2 atom stereocenters. The molecule has 1 heterocycles. The Morgan fingerprint density at radius 1 is 1.20 bits per heavy atom. The second-order valence-electron chi connectivity index (χ2n) is 5.17. The summed E-state index contributed by atoms with van der Waals surface area (Å²) in [5, 5.41) is 14.0. The van der Waals surface area contributed by atoms with Crippen molar-refractivity contribution in [2.75, 3.05) is 12.4 Å². The maximum absolute atomic E-state index is 10.6. The predicted molar refractivity (Wildman–Crippen MR) is 80.1 cm³/mol. The van der Waals surface area contributed by atoms with Crippen LogP contribution in [0, 0.1) is 0 Å². The minimum absolute atomic E-state index is 0.0389. The monoisotopic (exact) mass is 269 g/mol. The summed E-state index contributed by atoms with van der Waals surface area (Å²) in [6.07, 6.45) is 1.39. The lowest BCUT2D eigenvalue weighted by Crippen LogP contribution is -2.31. The second-order valence-corrected chi connectivity index (χ2v) is 5.17. The highest BCUT2D eigenvalue weighted by molar-refractivity contribution is 5.54. The Hall–Kier alpha value is -2.00. The average Bonchev–Trinajstić information content (AvgIpc) is 2.53. The molecule has 1 aliphatic heterocycles. The summed E-state index contributed by atoms with van der Waals surface area (Å²) in [6, 6.07) is 16.0. The van der Waals surface area contributed by atoms with Gasteiger partial charge in [0.25, 0.3) is 0 Å². The summed E-state index contributed by atoms with van der Waals surface area (Å²) in [4.78, 5) is 0. The molecule has 3 nitrogen and oxygen atoms in total. The number of anilines is 1. The molecular formula is C17H19NO2. The lowest BCUT2D eigenvalue weighted by atomic mass is 9.92. The Bertz CT molecular complexity index is 597. The Kier molecular flexibility index (Phi) is 3.61. The quantitative estimate of drug-likeness (QED) is 0.899. The SMILES string of the molecule is COc1cccc(C(O)C2CCc3ccccc3N2)c1. The molecule has 0 spiro atoms. The molecule has 0 aromatic heterocycles. The molecule has 104 valence electrons. The smallest absolute Gasteiger partial charge is 0.119 e. The van der Waals surface area contributed by atoms with E-state index in [0.29, 0.717) is 0 Å². The first-order valence-electron chi connectivity index (χ1n) is 6.94. The molecule has 3 heteroatoms. The van der Waals surface area contributed by atoms with Gasteiger partial charge in [-0.25, -0.2) is 0 Å². The number of ether oxygens (including phenoxy) is 1. The molecule has 0 saturated carbocycles. The topological polar surface area (TPSA) is 41.5 Å². The van der Waals surface area contributed by atoms with Gasteiger partial charge < -0.3 is 15.2 Å². The number of rotatable bonds is 3. The number of hydrogen-bond acceptors (Lipinski definition) is 3. The van der Waals surface area contributed by atoms with Gasteiger partial charge in [0.15, 0.2) is 0 Å². The number of hydrogen-bond donors (Lipinski definition) is 2. The number of para-hydroxylation sites is 1. The van der Waals surface area contributed by atoms with E-state index in [-0.39, 0.29) is 6.04 Å². The van der Waals surface area contributed by atoms with Crippen LogP contribution in [0.5, 0.6) is 5.75 Å². The summed E-state index contributed by atoms with van der Waals surface area (Å²) >= 11 is 0. The van der Waals surface area contributed by atoms with E-state index >= 15 is 0 Å². The number of aliphatic hydroxyl groups is 1. The highest BCUT2D eigenvalue weighted by Gasteiger charge is 2.25. The number of aliphatic hydroxyl groups excluding tert-OH is 1. The average molecular weight is 269 g/mol. The zero-order valence-corrected chi connectivity index (χ0v) is 11.5. The Morgan fingerprint density at radius 2 is 2.05 bits per heavy atom. The van der Waals surface area contributed by atoms with Crippen LogP contribution in [0.4, 0.5) is 5.69 Å². The minimum Gasteiger partial charge on any atom is -0.497 e. The molecule has 0 amide bonds. The Labute approximate surface area is 119 Å². The van der Waals surface area contributed by atoms with Gasteiger partial charge in [-0.3, -0.25) is 0 Å². The fraction of sp³-hybridized carbons (Fsp3) is 0.294. The van der Waals surface area contributed by atoms with Gasteiger partial charge in [-0.1, -0.05) is 30.3 Å². The normalized spacial score (nSPS) is 18.8. The van der Waals surface area contributed by atoms with Crippen molar-refractivity contribution < 1.29 is 9.84 Å². The second kappa shape index (κ2) is 5.55. The van der Waals surface area contributed by atoms with E-state index in [1.807, 2.05) is 30.3 Å². The van der Waals surface area contributed by atoms with Crippen LogP contribution in [-0.2, 0) is 6.42 Å². The van der Waals surface area contributed by atoms with Crippen molar-refractivity contribution in [2.45, 2.75) is 25.0 Å². The van der Waals surface area contributed by atoms with Crippen molar-refractivity contribution in [3.8, 4) is 5.75 Å². The molecule has 20 heavy (non-hydrogen) atoms. The van der Waals surface area contributed by atoms with Crippen LogP contribution in [-0.4, -0.2) is 18.3 Å². The zero-order valence-electron chi connectivity index (χ0n) is 11.5. The number of fused-ring (bicyclic) bond motifs is 1. The van der Waals surface area contributed by atoms with Crippen molar-refractivity contribution in [2.24, 2.45) is 0 Å². The predicted octanol–water partition coefficient (Wildman–Crippen LogP) is 3.16. The number of methoxy groups -OCH3 is 1. The molecule has 2 aromatic carbocycles. The summed E-state index contributed by atoms with van der Waals surface area (Å²) in [5.41, 5.74) is 3.34. The van der Waals surface area contributed by atoms with Crippen LogP contribution in [0.25, 0.3) is 0 Å². The Balaban J connectivity index is 1.80. The summed E-state index contributed by atoms with van der Waals surface area (Å²) in [5.74, 6) is 0.776. The molecule has 2 aromatic rings. The first-order valence-corrected chi connectivity index (χ1v) is 6.94. The lowest BCUT2D eigenvalue weighted by Gasteiger charge is -2.31. The standard InChI is InChI=1S/C17H19NO2/c1-20-14-7-4-6-13(11-14)17(19)16-10-9-12-5-2-3-8-15(12)18-16/h2-8,11,16-19H,9-10H2,1H3. The third-order valence-electron chi connectivity index (χ3n) is 3.90. The van der Waals surface area contributed by atoms with E-state index in [4.69, 9.17) is 4.74 Å². The van der Waals surface area contributed by atoms with Crippen molar-refractivity contribution in [1.82, 2.24) is 0 Å². The third kappa shape index (κ3) is 2.49. The number of benzene rings is 2. The largest absolute Gasteiger partial charge is 0.497 e. The molecule has 0 bridgehead atoms. The van der Waals surface area contributed by atoms with Crippen molar-refractivity contribution in [3.05, 3.63) is 59.7 Å². The number of aryl methyl sites for hydroxylation is 1. The van der Waals surface area contributed by atoms with Gasteiger partial charge in [0.2, 0.25) is 0 Å². The number of nitrogens with one attached hydrogen (secondary N) is 1. The summed E-state index contributed by atoms with van der Waals surface area (Å²) in [6.45, 7) is 0. The van der Waals surface area contributed by atoms with Gasteiger partial charge in [-0.05, 0) is 42.2 Å². The van der Waals surface area contributed by atoms with Crippen molar-refractivity contribution in [1.29, 1.82) is 0 Å². The van der Waals surface area contributed by atoms with Gasteiger partial charge in [0, 0.05) is 5.69 Å². The van der Waals surface area contributed by atoms with Crippen LogP contribution >= 0.6 is 0 Å². The fourth-order valence-electron chi connectivity index (χ4n) is 2.76. The molecule has 0 aliphatic carbocycles. The molecule has 0 radical (unpaired) electrons. The molecule has 0 saturated heterocycles. The van der Waals surface area contributed by atoms with Crippen LogP contribution in [0.2, 0.25) is 0 Å². The summed E-state index contributed by atoms with van der Waals surface area (Å²) in [7, 11) is 1.64. The molecular weight excluding hydrogens is 250 g/mol. The van der Waals surface area contributed by atoms with E-state index in [1.54, 1.807) is 7.11 Å². The third-order valence-corrected chi connectivity index (χ3v) is 3.90. The van der Waals surface area contributed by atoms with Gasteiger partial charge in [0.05, 0.1) is 19.3 Å². The molecule has 1 aliphatic rings. The van der Waals surface area contributed by atoms with Gasteiger partial charge in [0.1, 0.15) is 5.75 Å². The van der Waals surface area contributed by atoms with E-state index in [9.17, 15) is 5.11 Å². The molecule has 2 unspecified atom stereocenters. The highest BCUT2D eigenvalue weighted by Crippen LogP contribution is 2.31. The van der Waals surface area contributed by atoms with Crippen LogP contribution in [0.1, 0.15) is 23.7 Å². The Morgan fingerprint density at radius 3 is 2.90 bits per heavy atom. The van der Waals surface area contributed by atoms with Crippen LogP contribution in [0.15, 0.2) is 48.5 Å². The zero-order chi connectivity index (χ0) is 13.9. The van der Waals surface area contributed by atoms with E-state index in [2.05, 4.69) is 23.5 Å². The van der Waals surface area contributed by atoms with Crippen LogP contribution in [0.3, 0.4) is 0 Å². The lowest BCUT2D eigenvalue weighted by molar-refractivity contribution is 0.148. The van der Waals surface area contributed by atoms with Gasteiger partial charge in [-0.15, -0.1) is 0 Å². The molecule has 2 N–H and O–H groups in total. The van der Waals surface area contributed by atoms with Crippen LogP contribution < -0.4 is 10.1 Å². The van der Waals surface area contributed by atoms with Gasteiger partial charge >= 0.3 is 0 Å². The van der Waals surface area contributed by atoms with E-state index in [1.165, 1.54) is 5.56 Å². The molecule has 3 rings (SSSR count). The first-order chi connectivity index (χ1) is 9.78. The first kappa shape index (κ1) is 13.0. The van der Waals surface area contributed by atoms with E-state index in [0.717, 1.165) is 29.8 Å². The fourth-order valence-corrected chi connectivity index (χ4v) is 2.76. The van der Waals surface area contributed by atoms with E-state index < -0.39 is 6.10 Å².